The Labute approximate surface area is 153 Å². The minimum absolute atomic E-state index is 0.247. The van der Waals surface area contributed by atoms with E-state index < -0.39 is 0 Å². The molecular weight excluding hydrogens is 354 g/mol. The van der Waals surface area contributed by atoms with Crippen molar-refractivity contribution in [2.45, 2.75) is 19.8 Å². The van der Waals surface area contributed by atoms with Gasteiger partial charge in [0.15, 0.2) is 16.6 Å². The number of aromatic nitrogens is 3. The van der Waals surface area contributed by atoms with E-state index in [2.05, 4.69) is 25.6 Å². The number of fused-ring (bicyclic) bond motifs is 1. The maximum atomic E-state index is 12.3. The van der Waals surface area contributed by atoms with Crippen LogP contribution in [0.15, 0.2) is 42.2 Å². The summed E-state index contributed by atoms with van der Waals surface area (Å²) < 4.78 is 11.0. The Kier molecular flexibility index (Phi) is 4.36. The van der Waals surface area contributed by atoms with Gasteiger partial charge in [-0.3, -0.25) is 4.79 Å². The Hall–Kier alpha value is -3.20. The second kappa shape index (κ2) is 6.96. The molecule has 26 heavy (non-hydrogen) atoms. The SMILES string of the molecule is CC1Oc2ccc(CNC(=O)c3csc(Nc4ccncn4)n3)cc2O1. The van der Waals surface area contributed by atoms with Crippen LogP contribution < -0.4 is 20.1 Å². The number of amides is 1. The van der Waals surface area contributed by atoms with Gasteiger partial charge < -0.3 is 20.1 Å². The van der Waals surface area contributed by atoms with Crippen LogP contribution in [0.4, 0.5) is 10.9 Å². The van der Waals surface area contributed by atoms with Gasteiger partial charge in [0.1, 0.15) is 17.8 Å². The topological polar surface area (TPSA) is 98.3 Å². The monoisotopic (exact) mass is 369 g/mol. The van der Waals surface area contributed by atoms with Crippen LogP contribution in [-0.4, -0.2) is 27.1 Å². The number of anilines is 2. The average molecular weight is 369 g/mol. The molecule has 1 unspecified atom stereocenters. The van der Waals surface area contributed by atoms with Gasteiger partial charge in [0.25, 0.3) is 5.91 Å². The fraction of sp³-hybridized carbons (Fsp3) is 0.176. The number of ether oxygens (including phenoxy) is 2. The number of carbonyl (C=O) groups excluding carboxylic acids is 1. The second-order valence-electron chi connectivity index (χ2n) is 5.52. The molecular formula is C17H15N5O3S. The number of benzene rings is 1. The molecule has 1 aliphatic rings. The maximum absolute atomic E-state index is 12.3. The first-order valence-electron chi connectivity index (χ1n) is 7.90. The van der Waals surface area contributed by atoms with Gasteiger partial charge >= 0.3 is 0 Å². The van der Waals surface area contributed by atoms with Gasteiger partial charge in [0, 0.05) is 25.0 Å². The van der Waals surface area contributed by atoms with E-state index in [0.717, 1.165) is 5.56 Å². The zero-order valence-electron chi connectivity index (χ0n) is 13.8. The Morgan fingerprint density at radius 1 is 1.27 bits per heavy atom. The molecule has 1 aromatic carbocycles. The predicted octanol–water partition coefficient (Wildman–Crippen LogP) is 2.72. The van der Waals surface area contributed by atoms with Crippen LogP contribution in [0, 0.1) is 0 Å². The van der Waals surface area contributed by atoms with Crippen molar-refractivity contribution in [2.24, 2.45) is 0 Å². The molecule has 0 bridgehead atoms. The van der Waals surface area contributed by atoms with E-state index in [9.17, 15) is 4.79 Å². The number of rotatable bonds is 5. The molecule has 9 heteroatoms. The predicted molar refractivity (Wildman–Crippen MR) is 95.8 cm³/mol. The molecule has 2 aromatic heterocycles. The molecule has 1 amide bonds. The van der Waals surface area contributed by atoms with E-state index in [1.54, 1.807) is 17.6 Å². The number of hydrogen-bond donors (Lipinski definition) is 2. The van der Waals surface area contributed by atoms with Gasteiger partial charge in [-0.05, 0) is 23.8 Å². The number of thiazole rings is 1. The summed E-state index contributed by atoms with van der Waals surface area (Å²) in [6.45, 7) is 2.20. The highest BCUT2D eigenvalue weighted by atomic mass is 32.1. The van der Waals surface area contributed by atoms with Gasteiger partial charge in [0.05, 0.1) is 0 Å². The summed E-state index contributed by atoms with van der Waals surface area (Å²) >= 11 is 1.33. The maximum Gasteiger partial charge on any atom is 0.271 e. The molecule has 0 radical (unpaired) electrons. The van der Waals surface area contributed by atoms with Gasteiger partial charge in [-0.2, -0.15) is 0 Å². The molecule has 4 rings (SSSR count). The van der Waals surface area contributed by atoms with E-state index in [1.807, 2.05) is 25.1 Å². The number of hydrogen-bond acceptors (Lipinski definition) is 8. The third kappa shape index (κ3) is 3.57. The fourth-order valence-electron chi connectivity index (χ4n) is 2.42. The van der Waals surface area contributed by atoms with Crippen molar-refractivity contribution in [2.75, 3.05) is 5.32 Å². The quantitative estimate of drug-likeness (QED) is 0.713. The fourth-order valence-corrected chi connectivity index (χ4v) is 3.11. The molecule has 8 nitrogen and oxygen atoms in total. The Morgan fingerprint density at radius 3 is 3.00 bits per heavy atom. The van der Waals surface area contributed by atoms with E-state index in [4.69, 9.17) is 9.47 Å². The van der Waals surface area contributed by atoms with Crippen LogP contribution in [-0.2, 0) is 6.54 Å². The van der Waals surface area contributed by atoms with E-state index in [1.165, 1.54) is 17.7 Å². The Balaban J connectivity index is 1.36. The van der Waals surface area contributed by atoms with Crippen LogP contribution in [0.5, 0.6) is 11.5 Å². The van der Waals surface area contributed by atoms with Crippen LogP contribution >= 0.6 is 11.3 Å². The lowest BCUT2D eigenvalue weighted by molar-refractivity contribution is 0.0678. The van der Waals surface area contributed by atoms with E-state index >= 15 is 0 Å². The third-order valence-electron chi connectivity index (χ3n) is 3.60. The summed E-state index contributed by atoms with van der Waals surface area (Å²) in [6, 6.07) is 7.32. The largest absolute Gasteiger partial charge is 0.451 e. The molecule has 0 saturated carbocycles. The van der Waals surface area contributed by atoms with Gasteiger partial charge in [-0.1, -0.05) is 6.07 Å². The van der Waals surface area contributed by atoms with Crippen LogP contribution in [0.2, 0.25) is 0 Å². The highest BCUT2D eigenvalue weighted by Crippen LogP contribution is 2.35. The zero-order valence-corrected chi connectivity index (χ0v) is 14.6. The normalized spacial score (nSPS) is 14.9. The first-order chi connectivity index (χ1) is 12.7. The minimum Gasteiger partial charge on any atom is -0.451 e. The first-order valence-corrected chi connectivity index (χ1v) is 8.78. The molecule has 0 saturated heterocycles. The van der Waals surface area contributed by atoms with Crippen LogP contribution in [0.3, 0.4) is 0 Å². The first kappa shape index (κ1) is 16.3. The van der Waals surface area contributed by atoms with Crippen molar-refractivity contribution in [1.82, 2.24) is 20.3 Å². The molecule has 3 heterocycles. The van der Waals surface area contributed by atoms with Crippen molar-refractivity contribution in [1.29, 1.82) is 0 Å². The number of carbonyl (C=O) groups is 1. The zero-order chi connectivity index (χ0) is 17.9. The van der Waals surface area contributed by atoms with E-state index in [0.29, 0.717) is 34.7 Å². The smallest absolute Gasteiger partial charge is 0.271 e. The standard InChI is InChI=1S/C17H15N5O3S/c1-10-24-13-3-2-11(6-14(13)25-10)7-19-16(23)12-8-26-17(21-12)22-15-4-5-18-9-20-15/h2-6,8-10H,7H2,1H3,(H,19,23)(H,18,20,21,22). The summed E-state index contributed by atoms with van der Waals surface area (Å²) in [4.78, 5) is 24.5. The summed E-state index contributed by atoms with van der Waals surface area (Å²) in [6.07, 6.45) is 2.78. The summed E-state index contributed by atoms with van der Waals surface area (Å²) in [5, 5.41) is 8.16. The summed E-state index contributed by atoms with van der Waals surface area (Å²) in [5.41, 5.74) is 1.27. The summed E-state index contributed by atoms with van der Waals surface area (Å²) in [5.74, 6) is 1.78. The minimum atomic E-state index is -0.286. The van der Waals surface area contributed by atoms with Gasteiger partial charge in [-0.15, -0.1) is 11.3 Å². The Bertz CT molecular complexity index is 931. The number of nitrogens with zero attached hydrogens (tertiary/aromatic N) is 3. The van der Waals surface area contributed by atoms with Crippen molar-refractivity contribution in [3.63, 3.8) is 0 Å². The van der Waals surface area contributed by atoms with E-state index in [-0.39, 0.29) is 12.2 Å². The lowest BCUT2D eigenvalue weighted by Crippen LogP contribution is -2.23. The van der Waals surface area contributed by atoms with Crippen molar-refractivity contribution in [3.8, 4) is 11.5 Å². The lowest BCUT2D eigenvalue weighted by Gasteiger charge is -2.05. The molecule has 1 atom stereocenters. The average Bonchev–Trinajstić information content (AvgIpc) is 3.25. The summed E-state index contributed by atoms with van der Waals surface area (Å²) in [7, 11) is 0. The van der Waals surface area contributed by atoms with Crippen molar-refractivity contribution < 1.29 is 14.3 Å². The molecule has 0 spiro atoms. The number of nitrogens with one attached hydrogen (secondary N) is 2. The molecule has 0 fully saturated rings. The highest BCUT2D eigenvalue weighted by molar-refractivity contribution is 7.14. The van der Waals surface area contributed by atoms with Crippen molar-refractivity contribution in [3.05, 3.63) is 53.4 Å². The highest BCUT2D eigenvalue weighted by Gasteiger charge is 2.20. The van der Waals surface area contributed by atoms with Crippen molar-refractivity contribution >= 4 is 28.2 Å². The van der Waals surface area contributed by atoms with Gasteiger partial charge in [-0.25, -0.2) is 15.0 Å². The second-order valence-corrected chi connectivity index (χ2v) is 6.38. The molecule has 3 aromatic rings. The third-order valence-corrected chi connectivity index (χ3v) is 4.36. The van der Waals surface area contributed by atoms with Crippen LogP contribution in [0.1, 0.15) is 23.0 Å². The molecule has 0 aliphatic carbocycles. The molecule has 132 valence electrons. The lowest BCUT2D eigenvalue weighted by atomic mass is 10.2. The molecule has 2 N–H and O–H groups in total. The molecule has 1 aliphatic heterocycles. The van der Waals surface area contributed by atoms with Crippen LogP contribution in [0.25, 0.3) is 0 Å². The van der Waals surface area contributed by atoms with Gasteiger partial charge in [0.2, 0.25) is 6.29 Å². The Morgan fingerprint density at radius 2 is 2.15 bits per heavy atom.